The first-order chi connectivity index (χ1) is 18.6. The van der Waals surface area contributed by atoms with Crippen molar-refractivity contribution in [3.8, 4) is 5.75 Å². The second-order valence-electron chi connectivity index (χ2n) is 9.10. The number of aliphatic imine (C=N–C) groups is 2. The van der Waals surface area contributed by atoms with Crippen LogP contribution in [0.5, 0.6) is 5.75 Å². The van der Waals surface area contributed by atoms with Gasteiger partial charge < -0.3 is 10.1 Å². The molecule has 1 atom stereocenters. The Morgan fingerprint density at radius 3 is 2.68 bits per heavy atom. The molecule has 3 heterocycles. The fourth-order valence-electron chi connectivity index (χ4n) is 4.46. The van der Waals surface area contributed by atoms with E-state index in [1.807, 2.05) is 85.1 Å². The number of carbonyl (C=O) groups excluding carboxylic acids is 1. The van der Waals surface area contributed by atoms with Crippen molar-refractivity contribution in [2.24, 2.45) is 15.8 Å². The third kappa shape index (κ3) is 4.61. The van der Waals surface area contributed by atoms with Crippen molar-refractivity contribution >= 4 is 23.6 Å². The van der Waals surface area contributed by atoms with E-state index in [0.717, 1.165) is 39.3 Å². The van der Waals surface area contributed by atoms with Gasteiger partial charge in [-0.3, -0.25) is 14.8 Å². The molecule has 1 aliphatic carbocycles. The van der Waals surface area contributed by atoms with Gasteiger partial charge in [-0.05, 0) is 53.6 Å². The lowest BCUT2D eigenvalue weighted by Gasteiger charge is -2.26. The second kappa shape index (κ2) is 9.85. The van der Waals surface area contributed by atoms with Crippen molar-refractivity contribution < 1.29 is 14.1 Å². The molecule has 0 radical (unpaired) electrons. The quantitative estimate of drug-likeness (QED) is 0.349. The fourth-order valence-corrected chi connectivity index (χ4v) is 4.46. The SMILES string of the molecule is N[N+]12C=CN=CC1=C(C1=CC=C1)N=C2c1cccc(OCc2cccc(NC(=O)Cc3ccncc3)c2)c1. The average Bonchev–Trinajstić information content (AvgIpc) is 3.20. The van der Waals surface area contributed by atoms with Crippen LogP contribution in [0.3, 0.4) is 0 Å². The van der Waals surface area contributed by atoms with Crippen molar-refractivity contribution in [1.82, 2.24) is 4.98 Å². The number of benzene rings is 2. The summed E-state index contributed by atoms with van der Waals surface area (Å²) in [5.74, 6) is 8.11. The van der Waals surface area contributed by atoms with Crippen LogP contribution in [0.1, 0.15) is 16.7 Å². The number of fused-ring (bicyclic) bond motifs is 1. The molecular weight excluding hydrogens is 476 g/mol. The highest BCUT2D eigenvalue weighted by atomic mass is 16.5. The lowest BCUT2D eigenvalue weighted by atomic mass is 10.0. The Balaban J connectivity index is 1.15. The lowest BCUT2D eigenvalue weighted by Crippen LogP contribution is -2.53. The van der Waals surface area contributed by atoms with Gasteiger partial charge in [-0.15, -0.1) is 4.59 Å². The number of carbonyl (C=O) groups is 1. The highest BCUT2D eigenvalue weighted by Gasteiger charge is 2.44. The zero-order valence-corrected chi connectivity index (χ0v) is 20.5. The molecule has 0 fully saturated rings. The topological polar surface area (TPSA) is 102 Å². The van der Waals surface area contributed by atoms with Gasteiger partial charge in [-0.2, -0.15) is 10.8 Å². The summed E-state index contributed by atoms with van der Waals surface area (Å²) in [6.45, 7) is 0.339. The fraction of sp³-hybridized carbons (Fsp3) is 0.0667. The molecule has 1 amide bonds. The molecule has 186 valence electrons. The summed E-state index contributed by atoms with van der Waals surface area (Å²) >= 11 is 0. The van der Waals surface area contributed by atoms with Crippen LogP contribution in [0.2, 0.25) is 0 Å². The molecule has 0 bridgehead atoms. The van der Waals surface area contributed by atoms with E-state index in [0.29, 0.717) is 18.2 Å². The van der Waals surface area contributed by atoms with Crippen LogP contribution >= 0.6 is 0 Å². The van der Waals surface area contributed by atoms with Crippen molar-refractivity contribution in [2.75, 3.05) is 5.32 Å². The molecule has 3 N–H and O–H groups in total. The number of aromatic nitrogens is 1. The third-order valence-corrected chi connectivity index (χ3v) is 6.44. The molecule has 2 aliphatic heterocycles. The van der Waals surface area contributed by atoms with Gasteiger partial charge in [0.05, 0.1) is 24.4 Å². The highest BCUT2D eigenvalue weighted by molar-refractivity contribution is 6.01. The molecule has 3 aromatic rings. The van der Waals surface area contributed by atoms with Gasteiger partial charge in [-0.25, -0.2) is 0 Å². The zero-order valence-electron chi connectivity index (χ0n) is 20.5. The van der Waals surface area contributed by atoms with E-state index in [1.165, 1.54) is 0 Å². The van der Waals surface area contributed by atoms with Crippen LogP contribution in [-0.4, -0.2) is 27.5 Å². The molecule has 1 unspecified atom stereocenters. The van der Waals surface area contributed by atoms with Crippen molar-refractivity contribution in [1.29, 1.82) is 0 Å². The summed E-state index contributed by atoms with van der Waals surface area (Å²) < 4.78 is 6.07. The Morgan fingerprint density at radius 1 is 1.03 bits per heavy atom. The number of amidine groups is 1. The van der Waals surface area contributed by atoms with Crippen molar-refractivity contribution in [3.05, 3.63) is 137 Å². The first kappa shape index (κ1) is 23.5. The van der Waals surface area contributed by atoms with Gasteiger partial charge in [-0.1, -0.05) is 36.4 Å². The number of allylic oxidation sites excluding steroid dienone is 4. The van der Waals surface area contributed by atoms with E-state index >= 15 is 0 Å². The Bertz CT molecular complexity index is 1600. The van der Waals surface area contributed by atoms with Crippen LogP contribution < -0.4 is 15.9 Å². The number of pyridine rings is 1. The number of rotatable bonds is 8. The summed E-state index contributed by atoms with van der Waals surface area (Å²) in [5.41, 5.74) is 6.11. The van der Waals surface area contributed by atoms with E-state index in [9.17, 15) is 4.79 Å². The monoisotopic (exact) mass is 501 g/mol. The largest absolute Gasteiger partial charge is 0.489 e. The van der Waals surface area contributed by atoms with Crippen molar-refractivity contribution in [3.63, 3.8) is 0 Å². The van der Waals surface area contributed by atoms with E-state index < -0.39 is 0 Å². The van der Waals surface area contributed by atoms with Crippen LogP contribution in [0.25, 0.3) is 0 Å². The summed E-state index contributed by atoms with van der Waals surface area (Å²) in [6, 6.07) is 19.0. The molecular formula is C30H25N6O2+. The molecule has 1 aromatic heterocycles. The minimum absolute atomic E-state index is 0.0469. The number of nitrogens with two attached hydrogens (primary N) is 1. The molecule has 38 heavy (non-hydrogen) atoms. The van der Waals surface area contributed by atoms with Gasteiger partial charge in [0.1, 0.15) is 24.3 Å². The smallest absolute Gasteiger partial charge is 0.265 e. The maximum atomic E-state index is 12.4. The van der Waals surface area contributed by atoms with Gasteiger partial charge >= 0.3 is 0 Å². The number of nitrogens with one attached hydrogen (secondary N) is 1. The third-order valence-electron chi connectivity index (χ3n) is 6.44. The molecule has 0 saturated carbocycles. The molecule has 8 nitrogen and oxygen atoms in total. The predicted octanol–water partition coefficient (Wildman–Crippen LogP) is 4.56. The number of hydrogen-bond acceptors (Lipinski definition) is 6. The number of nitrogens with zero attached hydrogens (tertiary/aromatic N) is 4. The Hall–Kier alpha value is -4.92. The summed E-state index contributed by atoms with van der Waals surface area (Å²) in [7, 11) is 0. The number of ether oxygens (including phenoxy) is 1. The van der Waals surface area contributed by atoms with E-state index in [2.05, 4.69) is 15.3 Å². The van der Waals surface area contributed by atoms with Crippen LogP contribution in [-0.2, 0) is 17.8 Å². The predicted molar refractivity (Wildman–Crippen MR) is 147 cm³/mol. The Kier molecular flexibility index (Phi) is 6.09. The lowest BCUT2D eigenvalue weighted by molar-refractivity contribution is -0.750. The second-order valence-corrected chi connectivity index (χ2v) is 9.10. The molecule has 3 aliphatic rings. The minimum Gasteiger partial charge on any atom is -0.489 e. The van der Waals surface area contributed by atoms with Crippen LogP contribution in [0.15, 0.2) is 131 Å². The van der Waals surface area contributed by atoms with E-state index in [-0.39, 0.29) is 16.9 Å². The Morgan fingerprint density at radius 2 is 1.87 bits per heavy atom. The first-order valence-electron chi connectivity index (χ1n) is 12.2. The molecule has 0 saturated heterocycles. The summed E-state index contributed by atoms with van der Waals surface area (Å²) in [5, 5.41) is 2.95. The van der Waals surface area contributed by atoms with E-state index in [1.54, 1.807) is 24.8 Å². The number of quaternary nitrogens is 1. The normalized spacial score (nSPS) is 19.0. The number of amides is 1. The molecule has 6 rings (SSSR count). The summed E-state index contributed by atoms with van der Waals surface area (Å²) in [6.07, 6.45) is 14.9. The number of anilines is 1. The first-order valence-corrected chi connectivity index (χ1v) is 12.2. The average molecular weight is 502 g/mol. The van der Waals surface area contributed by atoms with Gasteiger partial charge in [0.2, 0.25) is 11.6 Å². The van der Waals surface area contributed by atoms with Gasteiger partial charge in [0.25, 0.3) is 5.84 Å². The maximum absolute atomic E-state index is 12.4. The molecule has 0 spiro atoms. The zero-order chi connectivity index (χ0) is 26.0. The van der Waals surface area contributed by atoms with Crippen LogP contribution in [0.4, 0.5) is 5.69 Å². The Labute approximate surface area is 220 Å². The minimum atomic E-state index is -0.0875. The number of hydrogen-bond donors (Lipinski definition) is 2. The van der Waals surface area contributed by atoms with Crippen LogP contribution in [0, 0.1) is 0 Å². The maximum Gasteiger partial charge on any atom is 0.265 e. The molecule has 8 heteroatoms. The van der Waals surface area contributed by atoms with Gasteiger partial charge in [0.15, 0.2) is 0 Å². The highest BCUT2D eigenvalue weighted by Crippen LogP contribution is 2.36. The van der Waals surface area contributed by atoms with E-state index in [4.69, 9.17) is 15.6 Å². The standard InChI is InChI=1S/C30H24N6O2/c31-36-15-14-33-19-27(36)29(23-5-2-6-23)35-30(36)24-7-3-9-26(18-24)38-20-22-4-1-8-25(16-22)34-28(37)17-21-10-12-32-13-11-21/h1-16,18-19H,17,20,31H2/p+1. The summed E-state index contributed by atoms with van der Waals surface area (Å²) in [4.78, 5) is 25.6. The van der Waals surface area contributed by atoms with Crippen molar-refractivity contribution in [2.45, 2.75) is 13.0 Å². The molecule has 2 aromatic carbocycles. The van der Waals surface area contributed by atoms with Gasteiger partial charge in [0, 0.05) is 23.7 Å².